The lowest BCUT2D eigenvalue weighted by atomic mass is 9.70. The van der Waals surface area contributed by atoms with Crippen molar-refractivity contribution in [1.82, 2.24) is 0 Å². The number of hydrogen-bond acceptors (Lipinski definition) is 5. The molecule has 0 spiro atoms. The first-order chi connectivity index (χ1) is 13.1. The summed E-state index contributed by atoms with van der Waals surface area (Å²) in [7, 11) is 0. The van der Waals surface area contributed by atoms with Crippen molar-refractivity contribution in [1.29, 1.82) is 0 Å². The van der Waals surface area contributed by atoms with Crippen molar-refractivity contribution in [3.63, 3.8) is 0 Å². The van der Waals surface area contributed by atoms with Gasteiger partial charge < -0.3 is 15.2 Å². The lowest BCUT2D eigenvalue weighted by molar-refractivity contribution is -0.139. The third-order valence-corrected chi connectivity index (χ3v) is 5.39. The van der Waals surface area contributed by atoms with E-state index in [-0.39, 0.29) is 29.3 Å². The molecule has 0 radical (unpaired) electrons. The second-order valence-electron chi connectivity index (χ2n) is 8.63. The first kappa shape index (κ1) is 20.2. The van der Waals surface area contributed by atoms with Crippen LogP contribution in [0.5, 0.6) is 0 Å². The molecule has 150 valence electrons. The first-order valence-corrected chi connectivity index (χ1v) is 9.85. The third-order valence-electron chi connectivity index (χ3n) is 5.39. The van der Waals surface area contributed by atoms with Crippen LogP contribution in [0.25, 0.3) is 0 Å². The normalized spacial score (nSPS) is 21.5. The highest BCUT2D eigenvalue weighted by Crippen LogP contribution is 2.48. The topological polar surface area (TPSA) is 78.6 Å². The van der Waals surface area contributed by atoms with Crippen LogP contribution >= 0.6 is 0 Å². The predicted octanol–water partition coefficient (Wildman–Crippen LogP) is 4.30. The average Bonchev–Trinajstić information content (AvgIpc) is 2.59. The number of rotatable bonds is 4. The minimum Gasteiger partial charge on any atom is -0.462 e. The monoisotopic (exact) mass is 383 g/mol. The Hall–Kier alpha value is -2.56. The zero-order chi connectivity index (χ0) is 20.6. The molecule has 1 unspecified atom stereocenters. The lowest BCUT2D eigenvalue weighted by Gasteiger charge is -2.38. The van der Waals surface area contributed by atoms with Gasteiger partial charge in [-0.05, 0) is 29.4 Å². The van der Waals surface area contributed by atoms with Gasteiger partial charge in [0.2, 0.25) is 5.88 Å². The van der Waals surface area contributed by atoms with Crippen LogP contribution in [-0.2, 0) is 19.1 Å². The smallest absolute Gasteiger partial charge is 0.340 e. The molecule has 5 heteroatoms. The highest BCUT2D eigenvalue weighted by atomic mass is 16.5. The number of allylic oxidation sites excluding steroid dienone is 2. The molecule has 2 aliphatic rings. The molecule has 0 saturated heterocycles. The number of carbonyl (C=O) groups is 2. The molecule has 2 N–H and O–H groups in total. The van der Waals surface area contributed by atoms with Crippen molar-refractivity contribution in [2.75, 3.05) is 6.61 Å². The molecule has 1 aliphatic heterocycles. The number of hydrogen-bond donors (Lipinski definition) is 1. The van der Waals surface area contributed by atoms with Gasteiger partial charge in [-0.3, -0.25) is 4.79 Å². The summed E-state index contributed by atoms with van der Waals surface area (Å²) in [5, 5.41) is 0. The second kappa shape index (κ2) is 7.46. The zero-order valence-electron chi connectivity index (χ0n) is 17.3. The molecular formula is C23H29NO4. The van der Waals surface area contributed by atoms with Gasteiger partial charge in [0, 0.05) is 18.4 Å². The fraction of sp³-hybridized carbons (Fsp3) is 0.478. The van der Waals surface area contributed by atoms with Gasteiger partial charge in [-0.15, -0.1) is 0 Å². The quantitative estimate of drug-likeness (QED) is 0.784. The molecular weight excluding hydrogens is 354 g/mol. The maximum Gasteiger partial charge on any atom is 0.340 e. The highest BCUT2D eigenvalue weighted by molar-refractivity contribution is 6.03. The number of ether oxygens (including phenoxy) is 2. The largest absolute Gasteiger partial charge is 0.462 e. The van der Waals surface area contributed by atoms with Crippen molar-refractivity contribution in [3.8, 4) is 0 Å². The summed E-state index contributed by atoms with van der Waals surface area (Å²) in [6.45, 7) is 10.3. The Kier molecular flexibility index (Phi) is 5.37. The summed E-state index contributed by atoms with van der Waals surface area (Å²) in [4.78, 5) is 25.8. The van der Waals surface area contributed by atoms with Gasteiger partial charge in [0.1, 0.15) is 11.3 Å². The van der Waals surface area contributed by atoms with Crippen LogP contribution in [0, 0.1) is 5.41 Å². The molecule has 5 nitrogen and oxygen atoms in total. The molecule has 0 amide bonds. The van der Waals surface area contributed by atoms with Gasteiger partial charge in [0.25, 0.3) is 0 Å². The first-order valence-electron chi connectivity index (χ1n) is 9.85. The minimum absolute atomic E-state index is 0.00140. The van der Waals surface area contributed by atoms with Crippen LogP contribution in [0.4, 0.5) is 0 Å². The van der Waals surface area contributed by atoms with Crippen molar-refractivity contribution < 1.29 is 19.1 Å². The molecule has 1 aromatic rings. The highest BCUT2D eigenvalue weighted by Gasteiger charge is 2.44. The Morgan fingerprint density at radius 2 is 1.89 bits per heavy atom. The Labute approximate surface area is 166 Å². The van der Waals surface area contributed by atoms with E-state index in [2.05, 4.69) is 13.8 Å². The van der Waals surface area contributed by atoms with E-state index >= 15 is 0 Å². The van der Waals surface area contributed by atoms with E-state index in [0.29, 0.717) is 30.1 Å². The molecule has 1 aliphatic carbocycles. The summed E-state index contributed by atoms with van der Waals surface area (Å²) in [6.07, 6.45) is 1.01. The van der Waals surface area contributed by atoms with Crippen molar-refractivity contribution in [2.24, 2.45) is 11.1 Å². The van der Waals surface area contributed by atoms with E-state index in [1.165, 1.54) is 5.56 Å². The van der Waals surface area contributed by atoms with Gasteiger partial charge in [-0.25, -0.2) is 4.79 Å². The number of nitrogens with two attached hydrogens (primary N) is 1. The molecule has 0 bridgehead atoms. The van der Waals surface area contributed by atoms with Crippen LogP contribution in [-0.4, -0.2) is 18.4 Å². The Bertz CT molecular complexity index is 859. The minimum atomic E-state index is -0.562. The third kappa shape index (κ3) is 3.71. The number of Topliss-reactive ketones (excluding diaryl/α,β-unsaturated/α-hetero) is 1. The summed E-state index contributed by atoms with van der Waals surface area (Å²) in [5.41, 5.74) is 8.75. The van der Waals surface area contributed by atoms with Crippen LogP contribution < -0.4 is 5.73 Å². The second-order valence-corrected chi connectivity index (χ2v) is 8.63. The molecule has 0 fully saturated rings. The van der Waals surface area contributed by atoms with E-state index in [9.17, 15) is 9.59 Å². The van der Waals surface area contributed by atoms with E-state index in [1.807, 2.05) is 38.1 Å². The maximum atomic E-state index is 13.1. The van der Waals surface area contributed by atoms with Crippen LogP contribution in [0.2, 0.25) is 0 Å². The van der Waals surface area contributed by atoms with E-state index in [4.69, 9.17) is 15.2 Å². The van der Waals surface area contributed by atoms with Crippen molar-refractivity contribution in [2.45, 2.75) is 59.3 Å². The Morgan fingerprint density at radius 3 is 2.46 bits per heavy atom. The SMILES string of the molecule is CCOC(=O)C1=C(N)OC2=C(C(=O)CC(C)(C)C2)C1c1ccc(C(C)C)cc1. The van der Waals surface area contributed by atoms with E-state index in [0.717, 1.165) is 5.56 Å². The Balaban J connectivity index is 2.14. The summed E-state index contributed by atoms with van der Waals surface area (Å²) >= 11 is 0. The molecule has 0 saturated carbocycles. The summed E-state index contributed by atoms with van der Waals surface area (Å²) in [6, 6.07) is 8.00. The average molecular weight is 383 g/mol. The van der Waals surface area contributed by atoms with Crippen LogP contribution in [0.15, 0.2) is 47.1 Å². The standard InChI is InChI=1S/C23H29NO4/c1-6-27-22(26)20-18(15-9-7-14(8-10-15)13(2)3)19-16(25)11-23(4,5)12-17(19)28-21(20)24/h7-10,13,18H,6,11-12,24H2,1-5H3. The molecule has 1 aromatic carbocycles. The zero-order valence-corrected chi connectivity index (χ0v) is 17.3. The van der Waals surface area contributed by atoms with Crippen molar-refractivity contribution >= 4 is 11.8 Å². The van der Waals surface area contributed by atoms with E-state index < -0.39 is 11.9 Å². The maximum absolute atomic E-state index is 13.1. The van der Waals surface area contributed by atoms with Gasteiger partial charge >= 0.3 is 5.97 Å². The van der Waals surface area contributed by atoms with Gasteiger partial charge in [0.05, 0.1) is 12.5 Å². The Morgan fingerprint density at radius 1 is 1.25 bits per heavy atom. The van der Waals surface area contributed by atoms with Crippen LogP contribution in [0.1, 0.15) is 70.4 Å². The lowest BCUT2D eigenvalue weighted by Crippen LogP contribution is -2.35. The molecule has 3 rings (SSSR count). The van der Waals surface area contributed by atoms with Gasteiger partial charge in [0.15, 0.2) is 5.78 Å². The fourth-order valence-corrected chi connectivity index (χ4v) is 4.00. The fourth-order valence-electron chi connectivity index (χ4n) is 4.00. The number of ketones is 1. The van der Waals surface area contributed by atoms with Crippen LogP contribution in [0.3, 0.4) is 0 Å². The number of benzene rings is 1. The molecule has 0 aromatic heterocycles. The molecule has 28 heavy (non-hydrogen) atoms. The van der Waals surface area contributed by atoms with Crippen molar-refractivity contribution in [3.05, 3.63) is 58.2 Å². The van der Waals surface area contributed by atoms with E-state index in [1.54, 1.807) is 6.92 Å². The molecule has 1 heterocycles. The number of carbonyl (C=O) groups excluding carboxylic acids is 2. The van der Waals surface area contributed by atoms with Gasteiger partial charge in [-0.2, -0.15) is 0 Å². The predicted molar refractivity (Wildman–Crippen MR) is 107 cm³/mol. The summed E-state index contributed by atoms with van der Waals surface area (Å²) < 4.78 is 11.0. The summed E-state index contributed by atoms with van der Waals surface area (Å²) in [5.74, 6) is -0.112. The van der Waals surface area contributed by atoms with Gasteiger partial charge in [-0.1, -0.05) is 52.0 Å². The number of esters is 1. The molecule has 1 atom stereocenters.